The fourth-order valence-corrected chi connectivity index (χ4v) is 1.65. The lowest BCUT2D eigenvalue weighted by Gasteiger charge is -2.11. The summed E-state index contributed by atoms with van der Waals surface area (Å²) in [7, 11) is 1.66. The first kappa shape index (κ1) is 14.4. The fourth-order valence-electron chi connectivity index (χ4n) is 1.65. The summed E-state index contributed by atoms with van der Waals surface area (Å²) in [4.78, 5) is 14.5. The van der Waals surface area contributed by atoms with Crippen molar-refractivity contribution < 1.29 is 19.0 Å². The van der Waals surface area contributed by atoms with E-state index < -0.39 is 11.9 Å². The summed E-state index contributed by atoms with van der Waals surface area (Å²) < 4.78 is 19.2. The molecule has 1 aromatic carbocycles. The quantitative estimate of drug-likeness (QED) is 0.689. The molecule has 5 N–H and O–H groups in total. The van der Waals surface area contributed by atoms with E-state index in [9.17, 15) is 9.18 Å². The van der Waals surface area contributed by atoms with Gasteiger partial charge in [-0.3, -0.25) is 5.32 Å². The molecule has 1 heterocycles. The van der Waals surface area contributed by atoms with Crippen molar-refractivity contribution in [2.24, 2.45) is 0 Å². The molecule has 0 unspecified atom stereocenters. The predicted octanol–water partition coefficient (Wildman–Crippen LogP) is 2.73. The van der Waals surface area contributed by atoms with Gasteiger partial charge in [0.1, 0.15) is 11.4 Å². The van der Waals surface area contributed by atoms with Gasteiger partial charge in [-0.2, -0.15) is 0 Å². The van der Waals surface area contributed by atoms with Gasteiger partial charge in [-0.15, -0.1) is 0 Å². The molecule has 0 atom stereocenters. The van der Waals surface area contributed by atoms with Crippen LogP contribution in [0.5, 0.6) is 11.5 Å². The monoisotopic (exact) mass is 292 g/mol. The molecule has 1 amide bonds. The number of benzene rings is 1. The Morgan fingerprint density at radius 1 is 1.43 bits per heavy atom. The van der Waals surface area contributed by atoms with Crippen molar-refractivity contribution in [3.63, 3.8) is 0 Å². The number of pyridine rings is 1. The van der Waals surface area contributed by atoms with Crippen LogP contribution in [0.1, 0.15) is 0 Å². The number of aromatic nitrogens is 1. The Bertz CT molecular complexity index is 678. The van der Waals surface area contributed by atoms with Gasteiger partial charge in [0.2, 0.25) is 0 Å². The van der Waals surface area contributed by atoms with E-state index in [0.717, 1.165) is 6.07 Å². The van der Waals surface area contributed by atoms with Crippen molar-refractivity contribution in [2.45, 2.75) is 0 Å². The van der Waals surface area contributed by atoms with Gasteiger partial charge in [0.05, 0.1) is 5.69 Å². The SMILES string of the molecule is CNc1nccc(Oc2ccc(NC(=O)O)c(F)c2)c1N. The van der Waals surface area contributed by atoms with Gasteiger partial charge in [-0.25, -0.2) is 14.2 Å². The largest absolute Gasteiger partial charge is 0.465 e. The molecule has 0 fully saturated rings. The minimum absolute atomic E-state index is 0.159. The van der Waals surface area contributed by atoms with Crippen LogP contribution in [0.3, 0.4) is 0 Å². The first-order chi connectivity index (χ1) is 10.0. The molecule has 0 radical (unpaired) electrons. The molecular formula is C13H13FN4O3. The van der Waals surface area contributed by atoms with Crippen molar-refractivity contribution >= 4 is 23.3 Å². The van der Waals surface area contributed by atoms with Crippen LogP contribution in [0, 0.1) is 5.82 Å². The Labute approximate surface area is 119 Å². The Morgan fingerprint density at radius 2 is 2.19 bits per heavy atom. The Morgan fingerprint density at radius 3 is 2.81 bits per heavy atom. The number of ether oxygens (including phenoxy) is 1. The third-order valence-corrected chi connectivity index (χ3v) is 2.60. The number of nitrogens with zero attached hydrogens (tertiary/aromatic N) is 1. The average Bonchev–Trinajstić information content (AvgIpc) is 2.44. The van der Waals surface area contributed by atoms with Crippen molar-refractivity contribution in [2.75, 3.05) is 23.4 Å². The fraction of sp³-hybridized carbons (Fsp3) is 0.0769. The Kier molecular flexibility index (Phi) is 4.07. The van der Waals surface area contributed by atoms with Gasteiger partial charge in [0.15, 0.2) is 17.4 Å². The van der Waals surface area contributed by atoms with Crippen molar-refractivity contribution in [3.05, 3.63) is 36.3 Å². The summed E-state index contributed by atoms with van der Waals surface area (Å²) in [5.74, 6) is 0.185. The average molecular weight is 292 g/mol. The summed E-state index contributed by atoms with van der Waals surface area (Å²) >= 11 is 0. The van der Waals surface area contributed by atoms with Gasteiger partial charge in [-0.1, -0.05) is 0 Å². The maximum atomic E-state index is 13.7. The lowest BCUT2D eigenvalue weighted by atomic mass is 10.3. The number of nitrogens with one attached hydrogen (secondary N) is 2. The summed E-state index contributed by atoms with van der Waals surface area (Å²) in [6.45, 7) is 0. The van der Waals surface area contributed by atoms with Gasteiger partial charge in [0.25, 0.3) is 0 Å². The molecule has 0 saturated heterocycles. The van der Waals surface area contributed by atoms with Crippen LogP contribution >= 0.6 is 0 Å². The highest BCUT2D eigenvalue weighted by molar-refractivity contribution is 5.83. The first-order valence-corrected chi connectivity index (χ1v) is 5.91. The lowest BCUT2D eigenvalue weighted by Crippen LogP contribution is -2.08. The molecule has 0 saturated carbocycles. The number of anilines is 3. The van der Waals surface area contributed by atoms with Crippen LogP contribution in [0.4, 0.5) is 26.4 Å². The topological polar surface area (TPSA) is 110 Å². The highest BCUT2D eigenvalue weighted by atomic mass is 19.1. The number of amides is 1. The standard InChI is InChI=1S/C13H13FN4O3/c1-16-12-11(15)10(4-5-17-12)21-7-2-3-9(8(14)6-7)18-13(19)20/h2-6,18H,15H2,1H3,(H,16,17)(H,19,20). The predicted molar refractivity (Wildman–Crippen MR) is 76.3 cm³/mol. The second kappa shape index (κ2) is 5.95. The second-order valence-electron chi connectivity index (χ2n) is 4.00. The Hall–Kier alpha value is -3.03. The molecule has 0 aliphatic carbocycles. The van der Waals surface area contributed by atoms with Gasteiger partial charge < -0.3 is 20.9 Å². The summed E-state index contributed by atoms with van der Waals surface area (Å²) in [6.07, 6.45) is 0.147. The number of hydrogen-bond acceptors (Lipinski definition) is 5. The van der Waals surface area contributed by atoms with Crippen LogP contribution in [0.15, 0.2) is 30.5 Å². The maximum Gasteiger partial charge on any atom is 0.409 e. The summed E-state index contributed by atoms with van der Waals surface area (Å²) in [5.41, 5.74) is 5.97. The first-order valence-electron chi connectivity index (χ1n) is 5.91. The molecule has 0 aliphatic rings. The number of carbonyl (C=O) groups is 1. The normalized spacial score (nSPS) is 10.0. The molecule has 21 heavy (non-hydrogen) atoms. The third-order valence-electron chi connectivity index (χ3n) is 2.60. The molecule has 0 bridgehead atoms. The van der Waals surface area contributed by atoms with Crippen molar-refractivity contribution in [1.29, 1.82) is 0 Å². The number of nitrogen functional groups attached to an aromatic ring is 1. The number of halogens is 1. The lowest BCUT2D eigenvalue weighted by molar-refractivity contribution is 0.209. The molecule has 1 aromatic heterocycles. The molecule has 7 nitrogen and oxygen atoms in total. The maximum absolute atomic E-state index is 13.7. The van der Waals surface area contributed by atoms with E-state index in [1.165, 1.54) is 24.4 Å². The summed E-state index contributed by atoms with van der Waals surface area (Å²) in [6, 6.07) is 5.28. The third kappa shape index (κ3) is 3.30. The zero-order valence-corrected chi connectivity index (χ0v) is 11.1. The molecule has 2 rings (SSSR count). The highest BCUT2D eigenvalue weighted by Crippen LogP contribution is 2.32. The molecule has 2 aromatic rings. The minimum Gasteiger partial charge on any atom is -0.465 e. The molecule has 8 heteroatoms. The van der Waals surface area contributed by atoms with E-state index >= 15 is 0 Å². The number of hydrogen-bond donors (Lipinski definition) is 4. The van der Waals surface area contributed by atoms with E-state index in [-0.39, 0.29) is 17.1 Å². The van der Waals surface area contributed by atoms with Gasteiger partial charge >= 0.3 is 6.09 Å². The molecular weight excluding hydrogens is 279 g/mol. The minimum atomic E-state index is -1.35. The van der Waals surface area contributed by atoms with Crippen molar-refractivity contribution in [3.8, 4) is 11.5 Å². The van der Waals surface area contributed by atoms with Crippen LogP contribution in [0.2, 0.25) is 0 Å². The second-order valence-corrected chi connectivity index (χ2v) is 4.00. The zero-order chi connectivity index (χ0) is 15.4. The van der Waals surface area contributed by atoms with E-state index in [2.05, 4.69) is 10.3 Å². The van der Waals surface area contributed by atoms with Crippen LogP contribution in [0.25, 0.3) is 0 Å². The molecule has 110 valence electrons. The highest BCUT2D eigenvalue weighted by Gasteiger charge is 2.10. The van der Waals surface area contributed by atoms with Gasteiger partial charge in [0, 0.05) is 25.4 Å². The van der Waals surface area contributed by atoms with E-state index in [4.69, 9.17) is 15.6 Å². The molecule has 0 spiro atoms. The van der Waals surface area contributed by atoms with Crippen LogP contribution in [-0.4, -0.2) is 23.2 Å². The van der Waals surface area contributed by atoms with E-state index in [1.807, 2.05) is 5.32 Å². The van der Waals surface area contributed by atoms with Crippen LogP contribution in [-0.2, 0) is 0 Å². The molecule has 0 aliphatic heterocycles. The number of rotatable bonds is 4. The Balaban J connectivity index is 2.24. The van der Waals surface area contributed by atoms with E-state index in [1.54, 1.807) is 7.05 Å². The number of nitrogens with two attached hydrogens (primary N) is 1. The number of carboxylic acid groups (broad SMARTS) is 1. The zero-order valence-electron chi connectivity index (χ0n) is 11.1. The van der Waals surface area contributed by atoms with Gasteiger partial charge in [-0.05, 0) is 12.1 Å². The van der Waals surface area contributed by atoms with E-state index in [0.29, 0.717) is 11.6 Å². The van der Waals surface area contributed by atoms with Crippen molar-refractivity contribution in [1.82, 2.24) is 4.98 Å². The smallest absolute Gasteiger partial charge is 0.409 e. The summed E-state index contributed by atoms with van der Waals surface area (Å²) in [5, 5.41) is 13.3. The van der Waals surface area contributed by atoms with Crippen LogP contribution < -0.4 is 21.1 Å².